The van der Waals surface area contributed by atoms with Crippen LogP contribution in [0, 0.1) is 5.92 Å². The number of benzene rings is 2. The molecule has 4 rings (SSSR count). The highest BCUT2D eigenvalue weighted by atomic mass is 35.5. The zero-order valence-electron chi connectivity index (χ0n) is 16.9. The first-order chi connectivity index (χ1) is 14.5. The lowest BCUT2D eigenvalue weighted by Gasteiger charge is -2.32. The summed E-state index contributed by atoms with van der Waals surface area (Å²) in [7, 11) is 0. The average Bonchev–Trinajstić information content (AvgIpc) is 3.24. The molecule has 0 bridgehead atoms. The average molecular weight is 423 g/mol. The largest absolute Gasteiger partial charge is 0.354 e. The van der Waals surface area contributed by atoms with Crippen molar-refractivity contribution in [2.45, 2.75) is 19.9 Å². The first-order valence-corrected chi connectivity index (χ1v) is 10.3. The molecule has 30 heavy (non-hydrogen) atoms. The van der Waals surface area contributed by atoms with Crippen LogP contribution < -0.4 is 10.2 Å². The molecule has 0 unspecified atom stereocenters. The molecule has 0 fully saturated rings. The summed E-state index contributed by atoms with van der Waals surface area (Å²) in [5.74, 6) is 0.820. The van der Waals surface area contributed by atoms with Gasteiger partial charge >= 0.3 is 0 Å². The highest BCUT2D eigenvalue weighted by Crippen LogP contribution is 2.36. The summed E-state index contributed by atoms with van der Waals surface area (Å²) in [4.78, 5) is 14.5. The predicted molar refractivity (Wildman–Crippen MR) is 117 cm³/mol. The summed E-state index contributed by atoms with van der Waals surface area (Å²) in [6.07, 6.45) is 2.08. The van der Waals surface area contributed by atoms with Gasteiger partial charge in [-0.25, -0.2) is 0 Å². The van der Waals surface area contributed by atoms with Gasteiger partial charge in [0.25, 0.3) is 5.95 Å². The Morgan fingerprint density at radius 3 is 2.57 bits per heavy atom. The van der Waals surface area contributed by atoms with Crippen molar-refractivity contribution in [1.82, 2.24) is 25.5 Å². The Morgan fingerprint density at radius 1 is 1.13 bits per heavy atom. The normalized spacial score (nSPS) is 15.7. The van der Waals surface area contributed by atoms with Crippen molar-refractivity contribution in [3.05, 3.63) is 76.8 Å². The number of halogens is 1. The molecule has 8 heteroatoms. The molecule has 0 aliphatic carbocycles. The van der Waals surface area contributed by atoms with Gasteiger partial charge in [0.05, 0.1) is 5.70 Å². The van der Waals surface area contributed by atoms with Crippen molar-refractivity contribution < 1.29 is 4.79 Å². The number of hydrogen-bond donors (Lipinski definition) is 1. The van der Waals surface area contributed by atoms with Gasteiger partial charge in [0.15, 0.2) is 0 Å². The molecule has 154 valence electrons. The maximum Gasteiger partial charge on any atom is 0.251 e. The number of anilines is 1. The van der Waals surface area contributed by atoms with Crippen LogP contribution in [0.3, 0.4) is 0 Å². The summed E-state index contributed by atoms with van der Waals surface area (Å²) in [6.45, 7) is 4.87. The van der Waals surface area contributed by atoms with E-state index in [4.69, 9.17) is 11.6 Å². The van der Waals surface area contributed by atoms with Crippen molar-refractivity contribution >= 4 is 29.2 Å². The highest BCUT2D eigenvalue weighted by molar-refractivity contribution is 6.30. The molecule has 0 saturated carbocycles. The lowest BCUT2D eigenvalue weighted by atomic mass is 10.0. The number of hydrogen-bond acceptors (Lipinski definition) is 5. The van der Waals surface area contributed by atoms with Gasteiger partial charge in [-0.3, -0.25) is 9.69 Å². The van der Waals surface area contributed by atoms with E-state index in [0.717, 1.165) is 16.8 Å². The minimum absolute atomic E-state index is 0.0787. The minimum Gasteiger partial charge on any atom is -0.354 e. The summed E-state index contributed by atoms with van der Waals surface area (Å²) in [5.41, 5.74) is 2.88. The fourth-order valence-corrected chi connectivity index (χ4v) is 3.52. The fraction of sp³-hybridized carbons (Fsp3) is 0.273. The Labute approximate surface area is 180 Å². The van der Waals surface area contributed by atoms with Gasteiger partial charge in [-0.05, 0) is 45.7 Å². The van der Waals surface area contributed by atoms with E-state index < -0.39 is 0 Å². The third kappa shape index (κ3) is 4.21. The molecular weight excluding hydrogens is 400 g/mol. The molecule has 1 aliphatic heterocycles. The first kappa shape index (κ1) is 20.1. The third-order valence-electron chi connectivity index (χ3n) is 4.88. The molecule has 1 atom stereocenters. The Bertz CT molecular complexity index is 1050. The number of aromatic nitrogens is 4. The lowest BCUT2D eigenvalue weighted by molar-refractivity contribution is -0.119. The molecule has 0 saturated heterocycles. The maximum absolute atomic E-state index is 12.6. The zero-order chi connectivity index (χ0) is 21.1. The predicted octanol–water partition coefficient (Wildman–Crippen LogP) is 3.55. The number of carbonyl (C=O) groups excluding carboxylic acids is 1. The number of carbonyl (C=O) groups is 1. The van der Waals surface area contributed by atoms with E-state index in [1.54, 1.807) is 4.68 Å². The molecule has 1 N–H and O–H groups in total. The number of nitrogens with one attached hydrogen (secondary N) is 1. The van der Waals surface area contributed by atoms with Crippen molar-refractivity contribution in [3.63, 3.8) is 0 Å². The molecule has 7 nitrogen and oxygen atoms in total. The van der Waals surface area contributed by atoms with Gasteiger partial charge in [-0.2, -0.15) is 4.68 Å². The first-order valence-electron chi connectivity index (χ1n) is 9.87. The monoisotopic (exact) mass is 422 g/mol. The molecule has 0 spiro atoms. The van der Waals surface area contributed by atoms with Crippen LogP contribution in [0.5, 0.6) is 0 Å². The Hall–Kier alpha value is -3.19. The summed E-state index contributed by atoms with van der Waals surface area (Å²) in [5, 5.41) is 16.0. The van der Waals surface area contributed by atoms with Crippen molar-refractivity contribution in [2.75, 3.05) is 18.0 Å². The molecule has 1 aromatic heterocycles. The van der Waals surface area contributed by atoms with E-state index in [1.807, 2.05) is 59.5 Å². The summed E-state index contributed by atoms with van der Waals surface area (Å²) >= 11 is 6.07. The van der Waals surface area contributed by atoms with Gasteiger partial charge < -0.3 is 5.32 Å². The van der Waals surface area contributed by atoms with Gasteiger partial charge in [0, 0.05) is 11.6 Å². The Balaban J connectivity index is 1.75. The number of nitrogens with zero attached hydrogens (tertiary/aromatic N) is 5. The van der Waals surface area contributed by atoms with Crippen LogP contribution in [-0.4, -0.2) is 39.2 Å². The van der Waals surface area contributed by atoms with Crippen LogP contribution in [0.25, 0.3) is 5.70 Å². The number of rotatable bonds is 6. The van der Waals surface area contributed by atoms with E-state index in [9.17, 15) is 4.79 Å². The third-order valence-corrected chi connectivity index (χ3v) is 5.13. The summed E-state index contributed by atoms with van der Waals surface area (Å²) < 4.78 is 1.73. The van der Waals surface area contributed by atoms with Crippen LogP contribution in [0.4, 0.5) is 5.95 Å². The fourth-order valence-electron chi connectivity index (χ4n) is 3.40. The molecular formula is C22H23ClN6O. The van der Waals surface area contributed by atoms with Gasteiger partial charge in [0.1, 0.15) is 12.6 Å². The minimum atomic E-state index is -0.211. The maximum atomic E-state index is 12.6. The van der Waals surface area contributed by atoms with Crippen molar-refractivity contribution in [3.8, 4) is 0 Å². The number of allylic oxidation sites excluding steroid dienone is 1. The van der Waals surface area contributed by atoms with E-state index in [2.05, 4.69) is 40.8 Å². The van der Waals surface area contributed by atoms with E-state index in [0.29, 0.717) is 23.4 Å². The quantitative estimate of drug-likeness (QED) is 0.657. The van der Waals surface area contributed by atoms with Crippen LogP contribution in [0.15, 0.2) is 60.7 Å². The zero-order valence-corrected chi connectivity index (χ0v) is 17.6. The number of tetrazole rings is 1. The SMILES string of the molecule is CC(C)CNC(=O)CN1C(c2ccccc2)=C[C@H](c2ccc(Cl)cc2)n2nnnc21. The Morgan fingerprint density at radius 2 is 1.87 bits per heavy atom. The molecule has 2 aromatic carbocycles. The van der Waals surface area contributed by atoms with Gasteiger partial charge in [-0.15, -0.1) is 0 Å². The summed E-state index contributed by atoms with van der Waals surface area (Å²) in [6, 6.07) is 17.4. The smallest absolute Gasteiger partial charge is 0.251 e. The topological polar surface area (TPSA) is 75.9 Å². The van der Waals surface area contributed by atoms with Gasteiger partial charge in [-0.1, -0.05) is 73.0 Å². The van der Waals surface area contributed by atoms with E-state index in [1.165, 1.54) is 0 Å². The van der Waals surface area contributed by atoms with Crippen LogP contribution in [0.2, 0.25) is 5.02 Å². The van der Waals surface area contributed by atoms with Gasteiger partial charge in [0.2, 0.25) is 5.91 Å². The molecule has 3 aromatic rings. The Kier molecular flexibility index (Phi) is 5.81. The molecule has 2 heterocycles. The second-order valence-corrected chi connectivity index (χ2v) is 8.06. The highest BCUT2D eigenvalue weighted by Gasteiger charge is 2.31. The number of fused-ring (bicyclic) bond motifs is 1. The van der Waals surface area contributed by atoms with E-state index in [-0.39, 0.29) is 18.5 Å². The molecule has 1 amide bonds. The van der Waals surface area contributed by atoms with Crippen molar-refractivity contribution in [1.29, 1.82) is 0 Å². The molecule has 0 radical (unpaired) electrons. The molecule has 1 aliphatic rings. The number of amides is 1. The second-order valence-electron chi connectivity index (χ2n) is 7.62. The lowest BCUT2D eigenvalue weighted by Crippen LogP contribution is -2.41. The van der Waals surface area contributed by atoms with E-state index >= 15 is 0 Å². The van der Waals surface area contributed by atoms with Crippen molar-refractivity contribution in [2.24, 2.45) is 5.92 Å². The second kappa shape index (κ2) is 8.67. The van der Waals surface area contributed by atoms with Crippen LogP contribution in [0.1, 0.15) is 31.0 Å². The van der Waals surface area contributed by atoms with Crippen LogP contribution >= 0.6 is 11.6 Å². The standard InChI is InChI=1S/C22H23ClN6O/c1-15(2)13-24-21(30)14-28-19(16-6-4-3-5-7-16)12-20(29-22(28)25-26-27-29)17-8-10-18(23)11-9-17/h3-12,15,20H,13-14H2,1-2H3,(H,24,30)/t20-/m1/s1. The van der Waals surface area contributed by atoms with Crippen LogP contribution in [-0.2, 0) is 4.79 Å².